The number of nitrogens with one attached hydrogen (secondary N) is 1. The summed E-state index contributed by atoms with van der Waals surface area (Å²) < 4.78 is -0.750. The van der Waals surface area contributed by atoms with Crippen LogP contribution in [0.5, 0.6) is 0 Å². The van der Waals surface area contributed by atoms with Gasteiger partial charge in [-0.25, -0.2) is 9.67 Å². The molecule has 0 aliphatic rings. The summed E-state index contributed by atoms with van der Waals surface area (Å²) in [7, 11) is 0. The fourth-order valence-corrected chi connectivity index (χ4v) is 4.46. The molecular weight excluding hydrogens is 647 g/mol. The molecule has 5 rings (SSSR count). The minimum Gasteiger partial charge on any atom is -0.345 e. The number of nitrogens with zero attached hydrogens (tertiary/aromatic N) is 6. The van der Waals surface area contributed by atoms with Gasteiger partial charge in [0, 0.05) is 29.0 Å². The summed E-state index contributed by atoms with van der Waals surface area (Å²) in [5, 5.41) is 12.9. The molecule has 0 saturated heterocycles. The quantitative estimate of drug-likeness (QED) is 0.0912. The Labute approximate surface area is 267 Å². The SMILES string of the molecule is Cc1ccc(-c2c(=O)n(-c3ccc4nn(C(S)(S)S)cc4c3)nc3ccc(NC(S)(S)C(S)(S)S)nc23)cn1. The predicted molar refractivity (Wildman–Crippen MR) is 185 cm³/mol. The Balaban J connectivity index is 1.72. The molecule has 0 bridgehead atoms. The largest absolute Gasteiger partial charge is 0.345 e. The van der Waals surface area contributed by atoms with Crippen molar-refractivity contribution in [2.24, 2.45) is 0 Å². The summed E-state index contributed by atoms with van der Waals surface area (Å²) in [6.07, 6.45) is 3.38. The molecular formula is C23H21N7OS8. The Morgan fingerprint density at radius 3 is 2.23 bits per heavy atom. The van der Waals surface area contributed by atoms with Crippen LogP contribution in [0.4, 0.5) is 5.82 Å². The lowest BCUT2D eigenvalue weighted by Gasteiger charge is -2.34. The molecule has 8 nitrogen and oxygen atoms in total. The molecule has 0 aliphatic heterocycles. The van der Waals surface area contributed by atoms with E-state index < -0.39 is 11.1 Å². The second-order valence-electron chi connectivity index (χ2n) is 8.69. The number of rotatable bonds is 6. The molecule has 39 heavy (non-hydrogen) atoms. The summed E-state index contributed by atoms with van der Waals surface area (Å²) in [5.74, 6) is 0.372. The van der Waals surface area contributed by atoms with Crippen LogP contribution in [0.1, 0.15) is 5.69 Å². The molecule has 0 unspecified atom stereocenters. The molecule has 1 aromatic carbocycles. The zero-order valence-corrected chi connectivity index (χ0v) is 27.0. The standard InChI is InChI=1S/C23H21N7OS8/c1-11-2-3-12(9-24-11)18-19-16(6-7-17(25-19)26-21(32,33)22(34,35)36)28-30(20(18)31)14-4-5-15-13(8-14)10-29(27-15)23(37,38)39/h2-10,32-39H,1H3,(H,25,26). The first-order chi connectivity index (χ1) is 18.1. The summed E-state index contributed by atoms with van der Waals surface area (Å²) in [5.41, 5.74) is 3.41. The number of aromatic nitrogens is 6. The first kappa shape index (κ1) is 29.2. The van der Waals surface area contributed by atoms with Crippen LogP contribution in [0, 0.1) is 6.92 Å². The Morgan fingerprint density at radius 2 is 1.59 bits per heavy atom. The van der Waals surface area contributed by atoms with Crippen LogP contribution >= 0.6 is 101 Å². The lowest BCUT2D eigenvalue weighted by Crippen LogP contribution is -2.40. The lowest BCUT2D eigenvalue weighted by atomic mass is 10.1. The molecule has 1 N–H and O–H groups in total. The highest BCUT2D eigenvalue weighted by atomic mass is 32.2. The van der Waals surface area contributed by atoms with E-state index in [-0.39, 0.29) is 5.56 Å². The van der Waals surface area contributed by atoms with Crippen molar-refractivity contribution < 1.29 is 0 Å². The van der Waals surface area contributed by atoms with E-state index in [0.29, 0.717) is 39.2 Å². The van der Waals surface area contributed by atoms with Crippen LogP contribution in [0.2, 0.25) is 0 Å². The highest BCUT2D eigenvalue weighted by Gasteiger charge is 2.39. The Hall–Kier alpha value is -1.27. The van der Waals surface area contributed by atoms with Gasteiger partial charge in [0.15, 0.2) is 7.74 Å². The molecule has 0 spiro atoms. The highest BCUT2D eigenvalue weighted by molar-refractivity contribution is 8.20. The van der Waals surface area contributed by atoms with Gasteiger partial charge in [-0.05, 0) is 43.3 Å². The monoisotopic (exact) mass is 667 g/mol. The van der Waals surface area contributed by atoms with E-state index >= 15 is 0 Å². The maximum Gasteiger partial charge on any atom is 0.281 e. The Bertz CT molecular complexity index is 1770. The van der Waals surface area contributed by atoms with Crippen molar-refractivity contribution in [3.05, 3.63) is 70.9 Å². The number of fused-ring (bicyclic) bond motifs is 2. The highest BCUT2D eigenvalue weighted by Crippen LogP contribution is 2.44. The molecule has 4 aromatic heterocycles. The number of anilines is 1. The molecule has 0 fully saturated rings. The zero-order chi connectivity index (χ0) is 28.3. The topological polar surface area (TPSA) is 90.5 Å². The van der Waals surface area contributed by atoms with E-state index in [1.807, 2.05) is 25.1 Å². The lowest BCUT2D eigenvalue weighted by molar-refractivity contribution is 0.720. The van der Waals surface area contributed by atoms with Gasteiger partial charge in [-0.3, -0.25) is 9.78 Å². The average Bonchev–Trinajstić information content (AvgIpc) is 3.28. The number of pyridine rings is 2. The third-order valence-corrected chi connectivity index (χ3v) is 9.31. The third-order valence-electron chi connectivity index (χ3n) is 5.73. The Morgan fingerprint density at radius 1 is 0.872 bits per heavy atom. The normalized spacial score (nSPS) is 12.8. The minimum atomic E-state index is -1.28. The van der Waals surface area contributed by atoms with Crippen molar-refractivity contribution in [2.75, 3.05) is 5.32 Å². The van der Waals surface area contributed by atoms with Crippen molar-refractivity contribution in [3.63, 3.8) is 0 Å². The van der Waals surface area contributed by atoms with Crippen LogP contribution in [0.3, 0.4) is 0 Å². The molecule has 0 aliphatic carbocycles. The predicted octanol–water partition coefficient (Wildman–Crippen LogP) is 5.23. The van der Waals surface area contributed by atoms with E-state index in [2.05, 4.69) is 122 Å². The number of aryl methyl sites for hydroxylation is 1. The smallest absolute Gasteiger partial charge is 0.281 e. The number of hydrogen-bond acceptors (Lipinski definition) is 14. The molecule has 202 valence electrons. The van der Waals surface area contributed by atoms with Gasteiger partial charge < -0.3 is 5.32 Å². The van der Waals surface area contributed by atoms with Gasteiger partial charge in [0.1, 0.15) is 20.3 Å². The first-order valence-corrected chi connectivity index (χ1v) is 14.7. The molecule has 0 radical (unpaired) electrons. The van der Waals surface area contributed by atoms with Gasteiger partial charge in [-0.1, -0.05) is 6.07 Å². The second kappa shape index (κ2) is 10.5. The van der Waals surface area contributed by atoms with Gasteiger partial charge in [-0.2, -0.15) is 14.9 Å². The van der Waals surface area contributed by atoms with Crippen molar-refractivity contribution in [1.82, 2.24) is 29.5 Å². The second-order valence-corrected chi connectivity index (χ2v) is 16.5. The van der Waals surface area contributed by atoms with E-state index in [1.165, 1.54) is 9.36 Å². The van der Waals surface area contributed by atoms with Crippen LogP contribution in [0.25, 0.3) is 38.8 Å². The summed E-state index contributed by atoms with van der Waals surface area (Å²) in [4.78, 5) is 23.1. The van der Waals surface area contributed by atoms with Gasteiger partial charge >= 0.3 is 0 Å². The minimum absolute atomic E-state index is 0.324. The maximum atomic E-state index is 14.0. The van der Waals surface area contributed by atoms with Gasteiger partial charge in [0.2, 0.25) is 0 Å². The van der Waals surface area contributed by atoms with E-state index in [0.717, 1.165) is 11.1 Å². The van der Waals surface area contributed by atoms with Crippen molar-refractivity contribution >= 4 is 129 Å². The van der Waals surface area contributed by atoms with Gasteiger partial charge in [0.05, 0.1) is 16.8 Å². The summed E-state index contributed by atoms with van der Waals surface area (Å²) >= 11 is 35.0. The van der Waals surface area contributed by atoms with Crippen LogP contribution < -0.4 is 10.9 Å². The number of benzene rings is 1. The fraction of sp³-hybridized carbons (Fsp3) is 0.174. The molecule has 0 amide bonds. The summed E-state index contributed by atoms with van der Waals surface area (Å²) in [6.45, 7) is 1.87. The Kier molecular flexibility index (Phi) is 7.89. The van der Waals surface area contributed by atoms with E-state index in [4.69, 9.17) is 4.98 Å². The van der Waals surface area contributed by atoms with Gasteiger partial charge in [0.25, 0.3) is 5.56 Å². The maximum absolute atomic E-state index is 14.0. The molecule has 0 saturated carbocycles. The average molecular weight is 668 g/mol. The molecule has 16 heteroatoms. The fourth-order valence-electron chi connectivity index (χ4n) is 3.76. The number of thiol groups is 8. The van der Waals surface area contributed by atoms with E-state index in [1.54, 1.807) is 36.7 Å². The van der Waals surface area contributed by atoms with Crippen LogP contribution in [0.15, 0.2) is 59.7 Å². The molecule has 0 atom stereocenters. The van der Waals surface area contributed by atoms with Crippen LogP contribution in [-0.4, -0.2) is 37.1 Å². The summed E-state index contributed by atoms with van der Waals surface area (Å²) in [6, 6.07) is 12.5. The van der Waals surface area contributed by atoms with Crippen LogP contribution in [-0.2, 0) is 3.54 Å². The zero-order valence-electron chi connectivity index (χ0n) is 19.9. The van der Waals surface area contributed by atoms with E-state index in [9.17, 15) is 4.79 Å². The van der Waals surface area contributed by atoms with Crippen molar-refractivity contribution in [3.8, 4) is 16.8 Å². The number of hydrogen-bond donors (Lipinski definition) is 9. The van der Waals surface area contributed by atoms with Crippen molar-refractivity contribution in [2.45, 2.75) is 18.1 Å². The first-order valence-electron chi connectivity index (χ1n) is 11.1. The van der Waals surface area contributed by atoms with Crippen molar-refractivity contribution in [1.29, 1.82) is 0 Å². The molecule has 5 aromatic rings. The molecule has 4 heterocycles. The third kappa shape index (κ3) is 5.89. The van der Waals surface area contributed by atoms with Gasteiger partial charge in [-0.15, -0.1) is 101 Å².